The average molecular weight is 482 g/mol. The lowest BCUT2D eigenvalue weighted by Gasteiger charge is -2.25. The Bertz CT molecular complexity index is 660. The monoisotopic (exact) mass is 481 g/mol. The van der Waals surface area contributed by atoms with Crippen molar-refractivity contribution in [2.45, 2.75) is 50.0 Å². The molecule has 0 radical (unpaired) electrons. The molecule has 13 nitrogen and oxygen atoms in total. The Morgan fingerprint density at radius 1 is 0.968 bits per heavy atom. The standard InChI is InChI=1S/C16H31N7O6S2/c1-7(24)11(15(28)29)23-14(27)10(6-31)22-13(26)9(3-2-4-20-16(18)19)21-12(25)8(17)5-30/h7-11,24,30-31H,2-6,17H2,1H3,(H,21,25)(H,22,26)(H,23,27)(H,28,29)(H4,18,19,20). The highest BCUT2D eigenvalue weighted by Gasteiger charge is 2.31. The van der Waals surface area contributed by atoms with Gasteiger partial charge in [0.25, 0.3) is 0 Å². The number of nitrogens with zero attached hydrogens (tertiary/aromatic N) is 1. The Balaban J connectivity index is 5.26. The highest BCUT2D eigenvalue weighted by Crippen LogP contribution is 2.03. The van der Waals surface area contributed by atoms with Gasteiger partial charge in [0, 0.05) is 18.1 Å². The highest BCUT2D eigenvalue weighted by molar-refractivity contribution is 7.80. The molecule has 0 aliphatic rings. The van der Waals surface area contributed by atoms with Gasteiger partial charge in [-0.1, -0.05) is 0 Å². The van der Waals surface area contributed by atoms with Crippen molar-refractivity contribution in [3.8, 4) is 0 Å². The van der Waals surface area contributed by atoms with Crippen LogP contribution in [0.1, 0.15) is 19.8 Å². The van der Waals surface area contributed by atoms with Crippen LogP contribution in [-0.2, 0) is 19.2 Å². The summed E-state index contributed by atoms with van der Waals surface area (Å²) in [6.07, 6.45) is -0.921. The van der Waals surface area contributed by atoms with E-state index in [1.54, 1.807) is 0 Å². The SMILES string of the molecule is CC(O)C(NC(=O)C(CS)NC(=O)C(CCCN=C(N)N)NC(=O)C(N)CS)C(=O)O. The zero-order valence-electron chi connectivity index (χ0n) is 17.0. The normalized spacial score (nSPS) is 15.5. The molecule has 0 aliphatic heterocycles. The van der Waals surface area contributed by atoms with Crippen molar-refractivity contribution in [2.24, 2.45) is 22.2 Å². The van der Waals surface area contributed by atoms with Crippen molar-refractivity contribution < 1.29 is 29.4 Å². The zero-order chi connectivity index (χ0) is 24.1. The van der Waals surface area contributed by atoms with Gasteiger partial charge in [0.1, 0.15) is 12.1 Å². The minimum Gasteiger partial charge on any atom is -0.480 e. The Hall–Kier alpha value is -2.23. The number of aliphatic imine (C=N–C) groups is 1. The molecule has 0 rings (SSSR count). The van der Waals surface area contributed by atoms with Gasteiger partial charge >= 0.3 is 5.97 Å². The number of nitrogens with two attached hydrogens (primary N) is 3. The molecule has 0 fully saturated rings. The molecule has 0 saturated heterocycles. The molecule has 11 N–H and O–H groups in total. The maximum absolute atomic E-state index is 12.7. The molecular weight excluding hydrogens is 450 g/mol. The smallest absolute Gasteiger partial charge is 0.328 e. The van der Waals surface area contributed by atoms with Crippen LogP contribution in [0.4, 0.5) is 0 Å². The summed E-state index contributed by atoms with van der Waals surface area (Å²) in [6.45, 7) is 1.39. The maximum Gasteiger partial charge on any atom is 0.328 e. The quantitative estimate of drug-likeness (QED) is 0.0505. The highest BCUT2D eigenvalue weighted by atomic mass is 32.1. The number of nitrogens with one attached hydrogen (secondary N) is 3. The summed E-state index contributed by atoms with van der Waals surface area (Å²) >= 11 is 7.94. The Morgan fingerprint density at radius 3 is 1.97 bits per heavy atom. The van der Waals surface area contributed by atoms with Crippen LogP contribution < -0.4 is 33.2 Å². The number of carboxylic acid groups (broad SMARTS) is 1. The summed E-state index contributed by atoms with van der Waals surface area (Å²) in [5.74, 6) is -3.90. The molecule has 0 aliphatic carbocycles. The van der Waals surface area contributed by atoms with Crippen LogP contribution in [0.5, 0.6) is 0 Å². The number of hydrogen-bond acceptors (Lipinski definition) is 9. The van der Waals surface area contributed by atoms with Gasteiger partial charge in [-0.25, -0.2) is 4.79 Å². The van der Waals surface area contributed by atoms with Gasteiger partial charge < -0.3 is 43.4 Å². The summed E-state index contributed by atoms with van der Waals surface area (Å²) in [5.41, 5.74) is 16.1. The van der Waals surface area contributed by atoms with Crippen molar-refractivity contribution >= 4 is 54.9 Å². The van der Waals surface area contributed by atoms with Crippen LogP contribution in [0, 0.1) is 0 Å². The fraction of sp³-hybridized carbons (Fsp3) is 0.688. The molecule has 5 atom stereocenters. The molecule has 0 bridgehead atoms. The van der Waals surface area contributed by atoms with Crippen LogP contribution >= 0.6 is 25.3 Å². The molecule has 0 aromatic rings. The minimum atomic E-state index is -1.57. The molecule has 15 heteroatoms. The Kier molecular flexibility index (Phi) is 13.7. The number of aliphatic hydroxyl groups is 1. The van der Waals surface area contributed by atoms with Crippen LogP contribution in [0.15, 0.2) is 4.99 Å². The predicted octanol–water partition coefficient (Wildman–Crippen LogP) is -3.85. The molecule has 0 heterocycles. The van der Waals surface area contributed by atoms with Crippen LogP contribution in [-0.4, -0.2) is 88.2 Å². The Morgan fingerprint density at radius 2 is 1.52 bits per heavy atom. The largest absolute Gasteiger partial charge is 0.480 e. The summed E-state index contributed by atoms with van der Waals surface area (Å²) < 4.78 is 0. The first-order valence-electron chi connectivity index (χ1n) is 9.29. The third kappa shape index (κ3) is 11.1. The lowest BCUT2D eigenvalue weighted by Crippen LogP contribution is -2.59. The number of guanidine groups is 1. The first-order chi connectivity index (χ1) is 14.4. The lowest BCUT2D eigenvalue weighted by atomic mass is 10.1. The number of carbonyl (C=O) groups excluding carboxylic acids is 3. The van der Waals surface area contributed by atoms with E-state index in [-0.39, 0.29) is 30.4 Å². The van der Waals surface area contributed by atoms with Crippen LogP contribution in [0.2, 0.25) is 0 Å². The van der Waals surface area contributed by atoms with Gasteiger partial charge in [0.05, 0.1) is 12.1 Å². The number of hydrogen-bond donors (Lipinski definition) is 10. The molecule has 0 aromatic carbocycles. The molecule has 3 amide bonds. The fourth-order valence-corrected chi connectivity index (χ4v) is 2.67. The second kappa shape index (κ2) is 14.7. The zero-order valence-corrected chi connectivity index (χ0v) is 18.8. The minimum absolute atomic E-state index is 0.0474. The van der Waals surface area contributed by atoms with E-state index in [0.717, 1.165) is 0 Å². The van der Waals surface area contributed by atoms with E-state index in [0.29, 0.717) is 6.42 Å². The third-order valence-corrected chi connectivity index (χ3v) is 4.73. The Labute approximate surface area is 190 Å². The molecule has 0 aromatic heterocycles. The van der Waals surface area contributed by atoms with Crippen LogP contribution in [0.3, 0.4) is 0 Å². The van der Waals surface area contributed by atoms with E-state index in [4.69, 9.17) is 22.3 Å². The van der Waals surface area contributed by atoms with Gasteiger partial charge in [-0.05, 0) is 19.8 Å². The van der Waals surface area contributed by atoms with Gasteiger partial charge in [0.2, 0.25) is 17.7 Å². The lowest BCUT2D eigenvalue weighted by molar-refractivity contribution is -0.145. The van der Waals surface area contributed by atoms with E-state index in [2.05, 4.69) is 46.2 Å². The molecule has 0 spiro atoms. The topological polar surface area (TPSA) is 235 Å². The predicted molar refractivity (Wildman–Crippen MR) is 121 cm³/mol. The first kappa shape index (κ1) is 28.8. The molecular formula is C16H31N7O6S2. The third-order valence-electron chi connectivity index (χ3n) is 3.97. The van der Waals surface area contributed by atoms with Crippen molar-refractivity contribution in [2.75, 3.05) is 18.1 Å². The molecule has 5 unspecified atom stereocenters. The molecule has 178 valence electrons. The number of carbonyl (C=O) groups is 4. The van der Waals surface area contributed by atoms with Crippen molar-refractivity contribution in [3.05, 3.63) is 0 Å². The van der Waals surface area contributed by atoms with Gasteiger partial charge in [-0.3, -0.25) is 19.4 Å². The van der Waals surface area contributed by atoms with E-state index in [1.165, 1.54) is 6.92 Å². The summed E-state index contributed by atoms with van der Waals surface area (Å²) in [7, 11) is 0. The maximum atomic E-state index is 12.7. The first-order valence-corrected chi connectivity index (χ1v) is 10.6. The van der Waals surface area contributed by atoms with Gasteiger partial charge in [-0.15, -0.1) is 0 Å². The number of aliphatic hydroxyl groups excluding tert-OH is 1. The van der Waals surface area contributed by atoms with Gasteiger partial charge in [-0.2, -0.15) is 25.3 Å². The number of amides is 3. The summed E-state index contributed by atoms with van der Waals surface area (Å²) in [4.78, 5) is 52.1. The van der Waals surface area contributed by atoms with Crippen LogP contribution in [0.25, 0.3) is 0 Å². The summed E-state index contributed by atoms with van der Waals surface area (Å²) in [6, 6.07) is -4.83. The fourth-order valence-electron chi connectivity index (χ4n) is 2.24. The van der Waals surface area contributed by atoms with E-state index < -0.39 is 54.0 Å². The van der Waals surface area contributed by atoms with Crippen molar-refractivity contribution in [1.82, 2.24) is 16.0 Å². The number of rotatable bonds is 14. The number of carboxylic acids is 1. The average Bonchev–Trinajstić information content (AvgIpc) is 2.70. The second-order valence-electron chi connectivity index (χ2n) is 6.61. The van der Waals surface area contributed by atoms with Gasteiger partial charge in [0.15, 0.2) is 12.0 Å². The second-order valence-corrected chi connectivity index (χ2v) is 7.34. The summed E-state index contributed by atoms with van der Waals surface area (Å²) in [5, 5.41) is 25.6. The van der Waals surface area contributed by atoms with E-state index in [9.17, 15) is 24.3 Å². The molecule has 31 heavy (non-hydrogen) atoms. The van der Waals surface area contributed by atoms with E-state index >= 15 is 0 Å². The van der Waals surface area contributed by atoms with E-state index in [1.807, 2.05) is 0 Å². The molecule has 0 saturated carbocycles. The number of aliphatic carboxylic acids is 1. The van der Waals surface area contributed by atoms with Crippen molar-refractivity contribution in [3.63, 3.8) is 0 Å². The van der Waals surface area contributed by atoms with Crippen molar-refractivity contribution in [1.29, 1.82) is 0 Å². The number of thiol groups is 2.